The van der Waals surface area contributed by atoms with Gasteiger partial charge in [-0.15, -0.1) is 35.1 Å². The number of aryl methyl sites for hydroxylation is 1. The van der Waals surface area contributed by atoms with Gasteiger partial charge in [0.05, 0.1) is 16.9 Å². The predicted molar refractivity (Wildman–Crippen MR) is 159 cm³/mol. The van der Waals surface area contributed by atoms with Gasteiger partial charge in [-0.2, -0.15) is 0 Å². The van der Waals surface area contributed by atoms with Crippen molar-refractivity contribution in [3.63, 3.8) is 0 Å². The summed E-state index contributed by atoms with van der Waals surface area (Å²) in [6.45, 7) is 3.85. The number of ether oxygens (including phenoxy) is 1. The molecule has 2 N–H and O–H groups in total. The topological polar surface area (TPSA) is 96.4 Å². The van der Waals surface area contributed by atoms with Gasteiger partial charge in [-0.25, -0.2) is 9.97 Å². The Balaban J connectivity index is 0.00000308. The van der Waals surface area contributed by atoms with Crippen molar-refractivity contribution in [2.75, 3.05) is 25.1 Å². The molecule has 3 aromatic heterocycles. The number of benzene rings is 1. The lowest BCUT2D eigenvalue weighted by Gasteiger charge is -2.19. The summed E-state index contributed by atoms with van der Waals surface area (Å²) in [5, 5.41) is 8.68. The Bertz CT molecular complexity index is 1540. The van der Waals surface area contributed by atoms with Crippen LogP contribution in [0.1, 0.15) is 24.8 Å². The molecule has 0 radical (unpaired) electrons. The lowest BCUT2D eigenvalue weighted by atomic mass is 10.1. The summed E-state index contributed by atoms with van der Waals surface area (Å²) in [6, 6.07) is 12.7. The van der Waals surface area contributed by atoms with Crippen molar-refractivity contribution in [2.24, 2.45) is 0 Å². The molecule has 8 nitrogen and oxygen atoms in total. The average Bonchev–Trinajstić information content (AvgIpc) is 3.72. The minimum Gasteiger partial charge on any atom is -0.494 e. The van der Waals surface area contributed by atoms with Crippen molar-refractivity contribution in [1.82, 2.24) is 20.6 Å². The van der Waals surface area contributed by atoms with E-state index in [1.54, 1.807) is 34.6 Å². The number of amides is 2. The largest absolute Gasteiger partial charge is 0.494 e. The van der Waals surface area contributed by atoms with Crippen LogP contribution in [-0.4, -0.2) is 48.0 Å². The first-order valence-corrected chi connectivity index (χ1v) is 14.3. The molecular formula is C28H28ClN5O3S2. The standard InChI is InChI=1S/C28H27N5O3S2.ClH/c1-16-23-26(33(2)20-15-22(34)30-27(20)35)31-25(21-6-4-14-37-21)32-28(23)38-24(16)17-7-9-19(10-8-17)36-13-11-18-5-3-12-29-18;/h4,6-10,14-15,18,29H,3,5,11-13H2,1-2H3,(H,30,34,35);1H. The van der Waals surface area contributed by atoms with Gasteiger partial charge in [0.15, 0.2) is 5.82 Å². The van der Waals surface area contributed by atoms with Gasteiger partial charge < -0.3 is 15.0 Å². The highest BCUT2D eigenvalue weighted by Gasteiger charge is 2.29. The van der Waals surface area contributed by atoms with Crippen molar-refractivity contribution in [3.8, 4) is 26.9 Å². The first-order chi connectivity index (χ1) is 18.5. The van der Waals surface area contributed by atoms with E-state index in [1.807, 2.05) is 36.6 Å². The fourth-order valence-corrected chi connectivity index (χ4v) is 6.78. The molecule has 1 atom stereocenters. The molecule has 2 aliphatic rings. The van der Waals surface area contributed by atoms with Crippen molar-refractivity contribution >= 4 is 62.9 Å². The lowest BCUT2D eigenvalue weighted by molar-refractivity contribution is -0.123. The summed E-state index contributed by atoms with van der Waals surface area (Å²) in [7, 11) is 1.76. The zero-order chi connectivity index (χ0) is 26.2. The highest BCUT2D eigenvalue weighted by Crippen LogP contribution is 2.43. The Morgan fingerprint density at radius 3 is 2.64 bits per heavy atom. The minimum absolute atomic E-state index is 0. The summed E-state index contributed by atoms with van der Waals surface area (Å²) < 4.78 is 6.00. The second kappa shape index (κ2) is 11.4. The Morgan fingerprint density at radius 1 is 1.15 bits per heavy atom. The number of likely N-dealkylation sites (N-methyl/N-ethyl adjacent to an activating group) is 1. The molecule has 2 amide bonds. The molecule has 1 unspecified atom stereocenters. The molecule has 0 saturated carbocycles. The Morgan fingerprint density at radius 2 is 1.97 bits per heavy atom. The number of hydrogen-bond donors (Lipinski definition) is 2. The quantitative estimate of drug-likeness (QED) is 0.272. The fourth-order valence-electron chi connectivity index (χ4n) is 4.94. The van der Waals surface area contributed by atoms with Crippen LogP contribution in [0.5, 0.6) is 5.75 Å². The number of rotatable bonds is 8. The number of halogens is 1. The maximum Gasteiger partial charge on any atom is 0.274 e. The van der Waals surface area contributed by atoms with E-state index in [4.69, 9.17) is 14.7 Å². The number of carbonyl (C=O) groups is 2. The van der Waals surface area contributed by atoms with Gasteiger partial charge in [-0.1, -0.05) is 6.07 Å². The third kappa shape index (κ3) is 5.42. The van der Waals surface area contributed by atoms with Gasteiger partial charge in [0, 0.05) is 24.0 Å². The highest BCUT2D eigenvalue weighted by atomic mass is 35.5. The molecule has 11 heteroatoms. The van der Waals surface area contributed by atoms with E-state index in [1.165, 1.54) is 18.9 Å². The van der Waals surface area contributed by atoms with Crippen molar-refractivity contribution in [1.29, 1.82) is 0 Å². The van der Waals surface area contributed by atoms with E-state index in [0.29, 0.717) is 24.3 Å². The molecule has 4 aromatic rings. The van der Waals surface area contributed by atoms with Crippen LogP contribution >= 0.6 is 35.1 Å². The van der Waals surface area contributed by atoms with Crippen LogP contribution in [0.4, 0.5) is 5.82 Å². The Hall–Kier alpha value is -3.31. The third-order valence-electron chi connectivity index (χ3n) is 6.94. The molecule has 0 bridgehead atoms. The number of hydrogen-bond acceptors (Lipinski definition) is 9. The molecule has 1 saturated heterocycles. The Kier molecular flexibility index (Phi) is 7.99. The monoisotopic (exact) mass is 581 g/mol. The van der Waals surface area contributed by atoms with Crippen LogP contribution < -0.4 is 20.3 Å². The summed E-state index contributed by atoms with van der Waals surface area (Å²) >= 11 is 3.15. The van der Waals surface area contributed by atoms with E-state index in [2.05, 4.69) is 22.8 Å². The van der Waals surface area contributed by atoms with E-state index in [0.717, 1.165) is 49.8 Å². The van der Waals surface area contributed by atoms with Gasteiger partial charge in [-0.05, 0) is 79.6 Å². The van der Waals surface area contributed by atoms with E-state index >= 15 is 0 Å². The van der Waals surface area contributed by atoms with Crippen LogP contribution in [0, 0.1) is 6.92 Å². The van der Waals surface area contributed by atoms with Crippen LogP contribution in [-0.2, 0) is 9.59 Å². The van der Waals surface area contributed by atoms with Crippen LogP contribution in [0.3, 0.4) is 0 Å². The van der Waals surface area contributed by atoms with Gasteiger partial charge in [0.25, 0.3) is 11.8 Å². The van der Waals surface area contributed by atoms with Crippen LogP contribution in [0.25, 0.3) is 31.4 Å². The first kappa shape index (κ1) is 27.3. The molecule has 39 heavy (non-hydrogen) atoms. The highest BCUT2D eigenvalue weighted by molar-refractivity contribution is 7.22. The molecule has 1 fully saturated rings. The second-order valence-corrected chi connectivity index (χ2v) is 11.4. The smallest absolute Gasteiger partial charge is 0.274 e. The second-order valence-electron chi connectivity index (χ2n) is 9.45. The van der Waals surface area contributed by atoms with E-state index in [-0.39, 0.29) is 18.1 Å². The molecule has 1 aromatic carbocycles. The summed E-state index contributed by atoms with van der Waals surface area (Å²) in [5.74, 6) is 1.18. The van der Waals surface area contributed by atoms with E-state index in [9.17, 15) is 9.59 Å². The zero-order valence-corrected chi connectivity index (χ0v) is 24.0. The van der Waals surface area contributed by atoms with Crippen LogP contribution in [0.15, 0.2) is 53.6 Å². The molecule has 202 valence electrons. The number of imide groups is 1. The van der Waals surface area contributed by atoms with Crippen LogP contribution in [0.2, 0.25) is 0 Å². The number of nitrogens with one attached hydrogen (secondary N) is 2. The molecule has 0 aliphatic carbocycles. The number of carbonyl (C=O) groups excluding carboxylic acids is 2. The van der Waals surface area contributed by atoms with Gasteiger partial charge >= 0.3 is 0 Å². The average molecular weight is 582 g/mol. The van der Waals surface area contributed by atoms with Gasteiger partial charge in [-0.3, -0.25) is 14.9 Å². The molecular weight excluding hydrogens is 554 g/mol. The minimum atomic E-state index is -0.436. The maximum atomic E-state index is 12.4. The fraction of sp³-hybridized carbons (Fsp3) is 0.286. The summed E-state index contributed by atoms with van der Waals surface area (Å²) in [6.07, 6.45) is 4.79. The Labute approximate surface area is 240 Å². The predicted octanol–water partition coefficient (Wildman–Crippen LogP) is 5.31. The normalized spacial score (nSPS) is 16.8. The number of fused-ring (bicyclic) bond motifs is 1. The summed E-state index contributed by atoms with van der Waals surface area (Å²) in [4.78, 5) is 38.6. The molecule has 2 aliphatic heterocycles. The lowest BCUT2D eigenvalue weighted by Crippen LogP contribution is -2.29. The SMILES string of the molecule is Cc1c(-c2ccc(OCCC3CCCN3)cc2)sc2nc(-c3cccs3)nc(N(C)C3=CC(=O)NC3=O)c12.Cl. The number of aromatic nitrogens is 2. The molecule has 5 heterocycles. The van der Waals surface area contributed by atoms with Crippen molar-refractivity contribution < 1.29 is 14.3 Å². The molecule has 6 rings (SSSR count). The van der Waals surface area contributed by atoms with E-state index < -0.39 is 11.8 Å². The first-order valence-electron chi connectivity index (χ1n) is 12.6. The summed E-state index contributed by atoms with van der Waals surface area (Å²) in [5.41, 5.74) is 2.35. The number of nitrogens with zero attached hydrogens (tertiary/aromatic N) is 3. The van der Waals surface area contributed by atoms with Crippen molar-refractivity contribution in [2.45, 2.75) is 32.2 Å². The van der Waals surface area contributed by atoms with Crippen molar-refractivity contribution in [3.05, 3.63) is 59.1 Å². The molecule has 0 spiro atoms. The van der Waals surface area contributed by atoms with Gasteiger partial charge in [0.1, 0.15) is 22.1 Å². The van der Waals surface area contributed by atoms with Gasteiger partial charge in [0.2, 0.25) is 0 Å². The zero-order valence-electron chi connectivity index (χ0n) is 21.5. The third-order valence-corrected chi connectivity index (χ3v) is 9.04. The number of anilines is 1. The maximum absolute atomic E-state index is 12.4. The number of thiophene rings is 2.